The second-order valence-electron chi connectivity index (χ2n) is 6.37. The first kappa shape index (κ1) is 17.9. The first-order valence-corrected chi connectivity index (χ1v) is 8.76. The fraction of sp³-hybridized carbons (Fsp3) is 0.300. The van der Waals surface area contributed by atoms with Crippen LogP contribution in [-0.4, -0.2) is 24.9 Å². The van der Waals surface area contributed by atoms with Crippen LogP contribution in [0.3, 0.4) is 0 Å². The van der Waals surface area contributed by atoms with Crippen molar-refractivity contribution in [1.29, 1.82) is 0 Å². The zero-order valence-electron chi connectivity index (χ0n) is 14.5. The van der Waals surface area contributed by atoms with Crippen molar-refractivity contribution < 1.29 is 14.0 Å². The lowest BCUT2D eigenvalue weighted by molar-refractivity contribution is -0.126. The van der Waals surface area contributed by atoms with E-state index < -0.39 is 0 Å². The number of carbonyl (C=O) groups is 2. The van der Waals surface area contributed by atoms with E-state index in [0.717, 1.165) is 24.3 Å². The number of carbonyl (C=O) groups excluding carboxylic acids is 2. The molecular formula is C20H22FN3O2. The summed E-state index contributed by atoms with van der Waals surface area (Å²) in [4.78, 5) is 26.2. The molecule has 1 aliphatic heterocycles. The second kappa shape index (κ2) is 8.47. The Balaban J connectivity index is 1.44. The highest BCUT2D eigenvalue weighted by molar-refractivity contribution is 6.03. The van der Waals surface area contributed by atoms with Gasteiger partial charge < -0.3 is 15.5 Å². The minimum atomic E-state index is -0.375. The number of rotatable bonds is 6. The SMILES string of the molecule is O=C(CC(=O)Nc1ccc(N2CCCC2)cc1)NCc1ccc(F)cc1. The zero-order chi connectivity index (χ0) is 18.4. The molecule has 3 rings (SSSR count). The minimum absolute atomic E-state index is 0.255. The fourth-order valence-electron chi connectivity index (χ4n) is 2.95. The molecule has 2 aromatic rings. The third kappa shape index (κ3) is 5.05. The van der Waals surface area contributed by atoms with Crippen LogP contribution < -0.4 is 15.5 Å². The molecule has 2 aromatic carbocycles. The molecule has 0 unspecified atom stereocenters. The van der Waals surface area contributed by atoms with Gasteiger partial charge in [0.25, 0.3) is 0 Å². The normalized spacial score (nSPS) is 13.5. The molecule has 6 heteroatoms. The Bertz CT molecular complexity index is 754. The highest BCUT2D eigenvalue weighted by Gasteiger charge is 2.13. The molecule has 0 aliphatic carbocycles. The van der Waals surface area contributed by atoms with E-state index in [1.807, 2.05) is 24.3 Å². The molecule has 0 saturated carbocycles. The average Bonchev–Trinajstić information content (AvgIpc) is 3.16. The van der Waals surface area contributed by atoms with Gasteiger partial charge in [-0.3, -0.25) is 9.59 Å². The van der Waals surface area contributed by atoms with Crippen LogP contribution >= 0.6 is 0 Å². The fourth-order valence-corrected chi connectivity index (χ4v) is 2.95. The van der Waals surface area contributed by atoms with Gasteiger partial charge in [0.15, 0.2) is 0 Å². The lowest BCUT2D eigenvalue weighted by Gasteiger charge is -2.17. The van der Waals surface area contributed by atoms with Gasteiger partial charge in [0.05, 0.1) is 0 Å². The van der Waals surface area contributed by atoms with Crippen LogP contribution in [0.25, 0.3) is 0 Å². The van der Waals surface area contributed by atoms with Crippen molar-refractivity contribution in [3.05, 3.63) is 59.9 Å². The van der Waals surface area contributed by atoms with E-state index in [9.17, 15) is 14.0 Å². The van der Waals surface area contributed by atoms with E-state index in [1.54, 1.807) is 12.1 Å². The van der Waals surface area contributed by atoms with E-state index >= 15 is 0 Å². The number of benzene rings is 2. The summed E-state index contributed by atoms with van der Waals surface area (Å²) >= 11 is 0. The molecule has 0 bridgehead atoms. The molecule has 0 atom stereocenters. The van der Waals surface area contributed by atoms with Crippen LogP contribution in [0, 0.1) is 5.82 Å². The van der Waals surface area contributed by atoms with Gasteiger partial charge in [-0.05, 0) is 54.8 Å². The number of halogens is 1. The lowest BCUT2D eigenvalue weighted by Crippen LogP contribution is -2.27. The van der Waals surface area contributed by atoms with Gasteiger partial charge in [0.2, 0.25) is 11.8 Å². The van der Waals surface area contributed by atoms with Crippen LogP contribution in [0.2, 0.25) is 0 Å². The number of amides is 2. The third-order valence-corrected chi connectivity index (χ3v) is 4.35. The van der Waals surface area contributed by atoms with E-state index in [2.05, 4.69) is 15.5 Å². The van der Waals surface area contributed by atoms with Crippen molar-refractivity contribution in [2.45, 2.75) is 25.8 Å². The largest absolute Gasteiger partial charge is 0.372 e. The highest BCUT2D eigenvalue weighted by Crippen LogP contribution is 2.22. The molecule has 2 amide bonds. The van der Waals surface area contributed by atoms with Crippen molar-refractivity contribution in [2.75, 3.05) is 23.3 Å². The van der Waals surface area contributed by atoms with Crippen molar-refractivity contribution in [3.8, 4) is 0 Å². The molecule has 1 saturated heterocycles. The van der Waals surface area contributed by atoms with Gasteiger partial charge >= 0.3 is 0 Å². The quantitative estimate of drug-likeness (QED) is 0.783. The van der Waals surface area contributed by atoms with Crippen LogP contribution in [0.4, 0.5) is 15.8 Å². The van der Waals surface area contributed by atoms with E-state index in [1.165, 1.54) is 25.0 Å². The summed E-state index contributed by atoms with van der Waals surface area (Å²) in [6.45, 7) is 2.40. The first-order chi connectivity index (χ1) is 12.6. The van der Waals surface area contributed by atoms with Gasteiger partial charge in [-0.25, -0.2) is 4.39 Å². The summed E-state index contributed by atoms with van der Waals surface area (Å²) in [5.74, 6) is -1.06. The number of anilines is 2. The Hall–Kier alpha value is -2.89. The van der Waals surface area contributed by atoms with Gasteiger partial charge in [-0.2, -0.15) is 0 Å². The molecule has 1 heterocycles. The Labute approximate surface area is 152 Å². The van der Waals surface area contributed by atoms with Gasteiger partial charge in [-0.1, -0.05) is 12.1 Å². The molecule has 136 valence electrons. The first-order valence-electron chi connectivity index (χ1n) is 8.76. The van der Waals surface area contributed by atoms with E-state index in [0.29, 0.717) is 5.69 Å². The van der Waals surface area contributed by atoms with Crippen molar-refractivity contribution in [3.63, 3.8) is 0 Å². The summed E-state index contributed by atoms with van der Waals surface area (Å²) in [6, 6.07) is 13.5. The second-order valence-corrected chi connectivity index (χ2v) is 6.37. The zero-order valence-corrected chi connectivity index (χ0v) is 14.5. The monoisotopic (exact) mass is 355 g/mol. The van der Waals surface area contributed by atoms with Crippen LogP contribution in [-0.2, 0) is 16.1 Å². The molecule has 2 N–H and O–H groups in total. The Morgan fingerprint density at radius 3 is 2.23 bits per heavy atom. The molecule has 26 heavy (non-hydrogen) atoms. The summed E-state index contributed by atoms with van der Waals surface area (Å²) in [5.41, 5.74) is 2.60. The maximum Gasteiger partial charge on any atom is 0.233 e. The standard InChI is InChI=1S/C20H22FN3O2/c21-16-5-3-15(4-6-16)14-22-19(25)13-20(26)23-17-7-9-18(10-8-17)24-11-1-2-12-24/h3-10H,1-2,11-14H2,(H,22,25)(H,23,26). The van der Waals surface area contributed by atoms with Crippen molar-refractivity contribution >= 4 is 23.2 Å². The Morgan fingerprint density at radius 1 is 0.923 bits per heavy atom. The Morgan fingerprint density at radius 2 is 1.58 bits per heavy atom. The molecule has 1 fully saturated rings. The molecular weight excluding hydrogens is 333 g/mol. The minimum Gasteiger partial charge on any atom is -0.372 e. The predicted molar refractivity (Wildman–Crippen MR) is 99.4 cm³/mol. The van der Waals surface area contributed by atoms with Gasteiger partial charge in [0.1, 0.15) is 12.2 Å². The Kier molecular flexibility index (Phi) is 5.84. The van der Waals surface area contributed by atoms with Crippen LogP contribution in [0.5, 0.6) is 0 Å². The molecule has 5 nitrogen and oxygen atoms in total. The third-order valence-electron chi connectivity index (χ3n) is 4.35. The van der Waals surface area contributed by atoms with Crippen LogP contribution in [0.15, 0.2) is 48.5 Å². The molecule has 0 aromatic heterocycles. The summed E-state index contributed by atoms with van der Waals surface area (Å²) < 4.78 is 12.8. The summed E-state index contributed by atoms with van der Waals surface area (Å²) in [5, 5.41) is 5.38. The highest BCUT2D eigenvalue weighted by atomic mass is 19.1. The smallest absolute Gasteiger partial charge is 0.233 e. The maximum atomic E-state index is 12.8. The van der Waals surface area contributed by atoms with Crippen molar-refractivity contribution in [2.24, 2.45) is 0 Å². The summed E-state index contributed by atoms with van der Waals surface area (Å²) in [7, 11) is 0. The van der Waals surface area contributed by atoms with E-state index in [4.69, 9.17) is 0 Å². The number of hydrogen-bond donors (Lipinski definition) is 2. The lowest BCUT2D eigenvalue weighted by atomic mass is 10.2. The molecule has 0 radical (unpaired) electrons. The maximum absolute atomic E-state index is 12.8. The summed E-state index contributed by atoms with van der Waals surface area (Å²) in [6.07, 6.45) is 2.17. The number of hydrogen-bond acceptors (Lipinski definition) is 3. The van der Waals surface area contributed by atoms with Crippen molar-refractivity contribution in [1.82, 2.24) is 5.32 Å². The van der Waals surface area contributed by atoms with E-state index in [-0.39, 0.29) is 30.6 Å². The number of nitrogens with one attached hydrogen (secondary N) is 2. The average molecular weight is 355 g/mol. The van der Waals surface area contributed by atoms with Crippen LogP contribution in [0.1, 0.15) is 24.8 Å². The molecule has 1 aliphatic rings. The van der Waals surface area contributed by atoms with Gasteiger partial charge in [-0.15, -0.1) is 0 Å². The topological polar surface area (TPSA) is 61.4 Å². The molecule has 0 spiro atoms. The predicted octanol–water partition coefficient (Wildman–Crippen LogP) is 3.07. The number of nitrogens with zero attached hydrogens (tertiary/aromatic N) is 1. The van der Waals surface area contributed by atoms with Gasteiger partial charge in [0, 0.05) is 31.0 Å².